The number of carbonyl (C=O) groups is 1. The van der Waals surface area contributed by atoms with Crippen molar-refractivity contribution in [3.63, 3.8) is 0 Å². The average Bonchev–Trinajstić information content (AvgIpc) is 2.90. The van der Waals surface area contributed by atoms with Crippen LogP contribution in [0.25, 0.3) is 0 Å². The van der Waals surface area contributed by atoms with Gasteiger partial charge in [-0.25, -0.2) is 0 Å². The molecule has 24 heavy (non-hydrogen) atoms. The molecule has 1 N–H and O–H groups in total. The van der Waals surface area contributed by atoms with Gasteiger partial charge in [-0.15, -0.1) is 0 Å². The van der Waals surface area contributed by atoms with E-state index in [1.165, 1.54) is 0 Å². The molecule has 0 saturated heterocycles. The molecule has 0 spiro atoms. The Bertz CT molecular complexity index is 748. The van der Waals surface area contributed by atoms with Crippen LogP contribution in [0.4, 0.5) is 13.2 Å². The molecule has 0 fully saturated rings. The number of halogens is 4. The largest absolute Gasteiger partial charge is 0.433 e. The van der Waals surface area contributed by atoms with Gasteiger partial charge in [-0.3, -0.25) is 9.48 Å². The molecule has 0 aliphatic heterocycles. The summed E-state index contributed by atoms with van der Waals surface area (Å²) in [5.41, 5.74) is -1.78. The van der Waals surface area contributed by atoms with Crippen LogP contribution >= 0.6 is 11.6 Å². The molecule has 8 heteroatoms. The lowest BCUT2D eigenvalue weighted by Crippen LogP contribution is -2.31. The molecule has 0 bridgehead atoms. The zero-order chi connectivity index (χ0) is 18.1. The van der Waals surface area contributed by atoms with Crippen LogP contribution in [0.15, 0.2) is 30.5 Å². The van der Waals surface area contributed by atoms with Gasteiger partial charge in [0.2, 0.25) is 0 Å². The Kier molecular flexibility index (Phi) is 4.94. The molecule has 0 aliphatic rings. The minimum atomic E-state index is -4.69. The second kappa shape index (κ2) is 6.47. The summed E-state index contributed by atoms with van der Waals surface area (Å²) >= 11 is 5.84. The fourth-order valence-electron chi connectivity index (χ4n) is 2.22. The van der Waals surface area contributed by atoms with Gasteiger partial charge in [0.15, 0.2) is 5.69 Å². The smallest absolute Gasteiger partial charge is 0.348 e. The van der Waals surface area contributed by atoms with E-state index in [0.29, 0.717) is 10.6 Å². The monoisotopic (exact) mass is 359 g/mol. The van der Waals surface area contributed by atoms with E-state index in [1.54, 1.807) is 45.0 Å². The van der Waals surface area contributed by atoms with E-state index >= 15 is 0 Å². The van der Waals surface area contributed by atoms with Gasteiger partial charge in [-0.05, 0) is 38.5 Å². The lowest BCUT2D eigenvalue weighted by molar-refractivity contribution is -0.146. The highest BCUT2D eigenvalue weighted by Crippen LogP contribution is 2.34. The molecule has 130 valence electrons. The van der Waals surface area contributed by atoms with Crippen molar-refractivity contribution in [2.24, 2.45) is 0 Å². The molecule has 1 heterocycles. The number of benzene rings is 1. The second-order valence-corrected chi connectivity index (χ2v) is 6.74. The van der Waals surface area contributed by atoms with E-state index in [1.807, 2.05) is 0 Å². The Morgan fingerprint density at radius 3 is 2.50 bits per heavy atom. The molecular weight excluding hydrogens is 343 g/mol. The van der Waals surface area contributed by atoms with E-state index in [-0.39, 0.29) is 6.54 Å². The highest BCUT2D eigenvalue weighted by molar-refractivity contribution is 6.30. The number of hydrogen-bond acceptors (Lipinski definition) is 2. The molecule has 0 radical (unpaired) electrons. The molecule has 2 aromatic rings. The highest BCUT2D eigenvalue weighted by Gasteiger charge is 2.42. The molecule has 1 aromatic carbocycles. The first-order chi connectivity index (χ1) is 11.0. The molecule has 2 rings (SSSR count). The van der Waals surface area contributed by atoms with Gasteiger partial charge in [0.05, 0.1) is 17.3 Å². The maximum absolute atomic E-state index is 13.4. The lowest BCUT2D eigenvalue weighted by Gasteiger charge is -2.23. The maximum Gasteiger partial charge on any atom is 0.433 e. The van der Waals surface area contributed by atoms with E-state index < -0.39 is 28.9 Å². The number of carbonyl (C=O) groups excluding carboxylic acids is 1. The molecule has 4 nitrogen and oxygen atoms in total. The van der Waals surface area contributed by atoms with Crippen molar-refractivity contribution in [1.29, 1.82) is 0 Å². The predicted molar refractivity (Wildman–Crippen MR) is 84.8 cm³/mol. The molecular formula is C16H17ClF3N3O. The number of hydrogen-bond donors (Lipinski definition) is 1. The van der Waals surface area contributed by atoms with Gasteiger partial charge in [-0.2, -0.15) is 18.3 Å². The van der Waals surface area contributed by atoms with E-state index in [2.05, 4.69) is 10.4 Å². The van der Waals surface area contributed by atoms with Gasteiger partial charge in [-0.1, -0.05) is 23.7 Å². The molecule has 1 amide bonds. The number of amides is 1. The summed E-state index contributed by atoms with van der Waals surface area (Å²) in [5.74, 6) is -0.835. The SMILES string of the molecule is CC(C)(C)n1ncc(C(=O)NCc2cccc(Cl)c2)c1C(F)(F)F. The first kappa shape index (κ1) is 18.3. The van der Waals surface area contributed by atoms with Crippen molar-refractivity contribution in [3.05, 3.63) is 52.3 Å². The number of alkyl halides is 3. The molecule has 0 saturated carbocycles. The lowest BCUT2D eigenvalue weighted by atomic mass is 10.1. The van der Waals surface area contributed by atoms with Crippen LogP contribution in [0.5, 0.6) is 0 Å². The maximum atomic E-state index is 13.4. The first-order valence-electron chi connectivity index (χ1n) is 7.18. The summed E-state index contributed by atoms with van der Waals surface area (Å²) in [7, 11) is 0. The van der Waals surface area contributed by atoms with Crippen molar-refractivity contribution in [1.82, 2.24) is 15.1 Å². The summed E-state index contributed by atoms with van der Waals surface area (Å²) in [4.78, 5) is 12.2. The minimum absolute atomic E-state index is 0.0669. The van der Waals surface area contributed by atoms with Gasteiger partial charge < -0.3 is 5.32 Å². The fraction of sp³-hybridized carbons (Fsp3) is 0.375. The third kappa shape index (κ3) is 4.08. The van der Waals surface area contributed by atoms with Gasteiger partial charge >= 0.3 is 6.18 Å². The van der Waals surface area contributed by atoms with Crippen LogP contribution in [0.3, 0.4) is 0 Å². The predicted octanol–water partition coefficient (Wildman–Crippen LogP) is 4.24. The summed E-state index contributed by atoms with van der Waals surface area (Å²) < 4.78 is 41.0. The summed E-state index contributed by atoms with van der Waals surface area (Å²) in [6, 6.07) is 6.71. The van der Waals surface area contributed by atoms with Crippen molar-refractivity contribution >= 4 is 17.5 Å². The molecule has 0 unspecified atom stereocenters. The topological polar surface area (TPSA) is 46.9 Å². The van der Waals surface area contributed by atoms with Crippen LogP contribution in [0, 0.1) is 0 Å². The molecule has 0 atom stereocenters. The number of nitrogens with one attached hydrogen (secondary N) is 1. The zero-order valence-corrected chi connectivity index (χ0v) is 14.2. The van der Waals surface area contributed by atoms with Crippen LogP contribution in [-0.4, -0.2) is 15.7 Å². The number of aromatic nitrogens is 2. The van der Waals surface area contributed by atoms with Crippen molar-refractivity contribution in [2.45, 2.75) is 39.0 Å². The van der Waals surface area contributed by atoms with Gasteiger partial charge in [0.25, 0.3) is 5.91 Å². The van der Waals surface area contributed by atoms with Crippen LogP contribution in [0.2, 0.25) is 5.02 Å². The summed E-state index contributed by atoms with van der Waals surface area (Å²) in [6.07, 6.45) is -3.74. The Hall–Kier alpha value is -2.02. The Balaban J connectivity index is 2.28. The van der Waals surface area contributed by atoms with E-state index in [9.17, 15) is 18.0 Å². The van der Waals surface area contributed by atoms with Crippen LogP contribution in [0.1, 0.15) is 42.4 Å². The Morgan fingerprint density at radius 2 is 1.96 bits per heavy atom. The second-order valence-electron chi connectivity index (χ2n) is 6.30. The quantitative estimate of drug-likeness (QED) is 0.891. The normalized spacial score (nSPS) is 12.3. The minimum Gasteiger partial charge on any atom is -0.348 e. The van der Waals surface area contributed by atoms with Gasteiger partial charge in [0.1, 0.15) is 0 Å². The summed E-state index contributed by atoms with van der Waals surface area (Å²) in [5, 5.41) is 6.71. The fourth-order valence-corrected chi connectivity index (χ4v) is 2.43. The molecule has 0 aliphatic carbocycles. The third-order valence-electron chi connectivity index (χ3n) is 3.26. The van der Waals surface area contributed by atoms with E-state index in [4.69, 9.17) is 11.6 Å². The van der Waals surface area contributed by atoms with E-state index in [0.717, 1.165) is 10.9 Å². The zero-order valence-electron chi connectivity index (χ0n) is 13.4. The Morgan fingerprint density at radius 1 is 1.29 bits per heavy atom. The van der Waals surface area contributed by atoms with Crippen molar-refractivity contribution < 1.29 is 18.0 Å². The Labute approximate surface area is 142 Å². The van der Waals surface area contributed by atoms with Gasteiger partial charge in [0, 0.05) is 11.6 Å². The third-order valence-corrected chi connectivity index (χ3v) is 3.49. The van der Waals surface area contributed by atoms with Crippen LogP contribution in [-0.2, 0) is 18.3 Å². The average molecular weight is 360 g/mol. The van der Waals surface area contributed by atoms with Crippen molar-refractivity contribution in [2.75, 3.05) is 0 Å². The first-order valence-corrected chi connectivity index (χ1v) is 7.56. The highest BCUT2D eigenvalue weighted by atomic mass is 35.5. The number of nitrogens with zero attached hydrogens (tertiary/aromatic N) is 2. The molecule has 1 aromatic heterocycles. The van der Waals surface area contributed by atoms with Crippen molar-refractivity contribution in [3.8, 4) is 0 Å². The number of rotatable bonds is 3. The van der Waals surface area contributed by atoms with Crippen LogP contribution < -0.4 is 5.32 Å². The standard InChI is InChI=1S/C16H17ClF3N3O/c1-15(2,3)23-13(16(18,19)20)12(9-22-23)14(24)21-8-10-5-4-6-11(17)7-10/h4-7,9H,8H2,1-3H3,(H,21,24). The summed E-state index contributed by atoms with van der Waals surface area (Å²) in [6.45, 7) is 4.83.